The number of aryl methyl sites for hydroxylation is 1. The zero-order valence-electron chi connectivity index (χ0n) is 13.7. The molecule has 3 rings (SSSR count). The average Bonchev–Trinajstić information content (AvgIpc) is 3.02. The molecule has 0 bridgehead atoms. The number of ether oxygens (including phenoxy) is 1. The molecule has 0 saturated heterocycles. The largest absolute Gasteiger partial charge is 0.463 e. The van der Waals surface area contributed by atoms with E-state index in [2.05, 4.69) is 10.3 Å². The molecule has 0 aromatic heterocycles. The number of amidine groups is 1. The third kappa shape index (κ3) is 4.97. The Labute approximate surface area is 151 Å². The molecular weight excluding hydrogens is 338 g/mol. The van der Waals surface area contributed by atoms with E-state index < -0.39 is 0 Å². The Kier molecular flexibility index (Phi) is 5.56. The topological polar surface area (TPSA) is 76.7 Å². The van der Waals surface area contributed by atoms with E-state index in [9.17, 15) is 4.79 Å². The third-order valence-corrected chi connectivity index (χ3v) is 4.31. The number of aliphatic imine (C=N–C) groups is 1. The first-order chi connectivity index (χ1) is 12.1. The van der Waals surface area contributed by atoms with E-state index in [1.165, 1.54) is 5.56 Å². The van der Waals surface area contributed by atoms with Gasteiger partial charge < -0.3 is 15.8 Å². The molecule has 1 amide bonds. The molecule has 5 nitrogen and oxygen atoms in total. The summed E-state index contributed by atoms with van der Waals surface area (Å²) >= 11 is 5.83. The number of anilines is 1. The maximum Gasteiger partial charge on any atom is 0.282 e. The summed E-state index contributed by atoms with van der Waals surface area (Å²) in [7, 11) is 0. The number of nitrogens with zero attached hydrogens (tertiary/aromatic N) is 1. The second-order valence-electron chi connectivity index (χ2n) is 5.98. The second kappa shape index (κ2) is 8.03. The lowest BCUT2D eigenvalue weighted by Gasteiger charge is -2.08. The number of halogens is 1. The summed E-state index contributed by atoms with van der Waals surface area (Å²) in [6.45, 7) is 0.585. The fraction of sp³-hybridized carbons (Fsp3) is 0.263. The molecule has 3 N–H and O–H groups in total. The Morgan fingerprint density at radius 3 is 2.56 bits per heavy atom. The van der Waals surface area contributed by atoms with Crippen molar-refractivity contribution in [3.05, 3.63) is 64.7 Å². The van der Waals surface area contributed by atoms with Gasteiger partial charge in [-0.05, 0) is 61.2 Å². The van der Waals surface area contributed by atoms with E-state index in [0.29, 0.717) is 23.2 Å². The lowest BCUT2D eigenvalue weighted by Crippen LogP contribution is -2.11. The second-order valence-corrected chi connectivity index (χ2v) is 6.42. The maximum atomic E-state index is 12.2. The van der Waals surface area contributed by atoms with Crippen LogP contribution in [0.15, 0.2) is 53.5 Å². The minimum Gasteiger partial charge on any atom is -0.463 e. The summed E-state index contributed by atoms with van der Waals surface area (Å²) in [6.07, 6.45) is 2.92. The van der Waals surface area contributed by atoms with Crippen LogP contribution in [-0.2, 0) is 11.2 Å². The molecule has 0 aliphatic carbocycles. The number of nitrogens with one attached hydrogen (secondary N) is 1. The van der Waals surface area contributed by atoms with Crippen LogP contribution in [-0.4, -0.2) is 24.6 Å². The van der Waals surface area contributed by atoms with E-state index in [4.69, 9.17) is 22.1 Å². The SMILES string of the molecule is NC1=NC(CCCc2ccc(NC(=O)c3ccc(Cl)cc3)cc2)CO1. The van der Waals surface area contributed by atoms with Gasteiger partial charge in [0.25, 0.3) is 11.9 Å². The van der Waals surface area contributed by atoms with Crippen LogP contribution in [0.5, 0.6) is 0 Å². The number of hydrogen-bond acceptors (Lipinski definition) is 4. The summed E-state index contributed by atoms with van der Waals surface area (Å²) in [5.41, 5.74) is 8.07. The van der Waals surface area contributed by atoms with Gasteiger partial charge in [-0.25, -0.2) is 4.99 Å². The van der Waals surface area contributed by atoms with Gasteiger partial charge in [0.1, 0.15) is 6.61 Å². The molecule has 0 radical (unpaired) electrons. The molecule has 0 spiro atoms. The highest BCUT2D eigenvalue weighted by molar-refractivity contribution is 6.30. The van der Waals surface area contributed by atoms with Gasteiger partial charge in [-0.2, -0.15) is 0 Å². The maximum absolute atomic E-state index is 12.2. The van der Waals surface area contributed by atoms with Crippen molar-refractivity contribution in [3.63, 3.8) is 0 Å². The smallest absolute Gasteiger partial charge is 0.282 e. The van der Waals surface area contributed by atoms with Gasteiger partial charge in [0.05, 0.1) is 6.04 Å². The summed E-state index contributed by atoms with van der Waals surface area (Å²) in [6, 6.07) is 15.2. The van der Waals surface area contributed by atoms with E-state index in [1.54, 1.807) is 24.3 Å². The number of rotatable bonds is 6. The first kappa shape index (κ1) is 17.3. The molecule has 25 heavy (non-hydrogen) atoms. The fourth-order valence-electron chi connectivity index (χ4n) is 2.69. The molecular formula is C19H20ClN3O2. The van der Waals surface area contributed by atoms with Gasteiger partial charge in [0.15, 0.2) is 0 Å². The Bertz CT molecular complexity index is 757. The van der Waals surface area contributed by atoms with Crippen molar-refractivity contribution in [2.75, 3.05) is 11.9 Å². The van der Waals surface area contributed by atoms with Crippen LogP contribution in [0.2, 0.25) is 5.02 Å². The Morgan fingerprint density at radius 1 is 1.20 bits per heavy atom. The van der Waals surface area contributed by atoms with Crippen LogP contribution in [0.4, 0.5) is 5.69 Å². The molecule has 0 fully saturated rings. The predicted molar refractivity (Wildman–Crippen MR) is 100 cm³/mol. The van der Waals surface area contributed by atoms with E-state index >= 15 is 0 Å². The quantitative estimate of drug-likeness (QED) is 0.828. The van der Waals surface area contributed by atoms with Gasteiger partial charge >= 0.3 is 0 Å². The minimum absolute atomic E-state index is 0.152. The number of hydrogen-bond donors (Lipinski definition) is 2. The first-order valence-electron chi connectivity index (χ1n) is 8.22. The number of carbonyl (C=O) groups excluding carboxylic acids is 1. The summed E-state index contributed by atoms with van der Waals surface area (Å²) < 4.78 is 5.14. The highest BCUT2D eigenvalue weighted by atomic mass is 35.5. The highest BCUT2D eigenvalue weighted by Gasteiger charge is 2.15. The molecule has 0 saturated carbocycles. The highest BCUT2D eigenvalue weighted by Crippen LogP contribution is 2.16. The van der Waals surface area contributed by atoms with E-state index in [1.807, 2.05) is 24.3 Å². The molecule has 1 unspecified atom stereocenters. The zero-order chi connectivity index (χ0) is 17.6. The van der Waals surface area contributed by atoms with Crippen LogP contribution >= 0.6 is 11.6 Å². The van der Waals surface area contributed by atoms with Crippen LogP contribution in [0.25, 0.3) is 0 Å². The molecule has 6 heteroatoms. The average molecular weight is 358 g/mol. The molecule has 2 aromatic rings. The molecule has 1 aliphatic rings. The number of benzene rings is 2. The number of nitrogens with two attached hydrogens (primary N) is 1. The van der Waals surface area contributed by atoms with E-state index in [0.717, 1.165) is 24.9 Å². The van der Waals surface area contributed by atoms with Gasteiger partial charge in [-0.3, -0.25) is 4.79 Å². The monoisotopic (exact) mass is 357 g/mol. The molecule has 130 valence electrons. The summed E-state index contributed by atoms with van der Waals surface area (Å²) in [5.74, 6) is -0.152. The van der Waals surface area contributed by atoms with Crippen molar-refractivity contribution < 1.29 is 9.53 Å². The van der Waals surface area contributed by atoms with Crippen molar-refractivity contribution in [3.8, 4) is 0 Å². The Hall–Kier alpha value is -2.53. The fourth-order valence-corrected chi connectivity index (χ4v) is 2.81. The first-order valence-corrected chi connectivity index (χ1v) is 8.60. The van der Waals surface area contributed by atoms with Crippen LogP contribution < -0.4 is 11.1 Å². The van der Waals surface area contributed by atoms with E-state index in [-0.39, 0.29) is 11.9 Å². The number of carbonyl (C=O) groups is 1. The predicted octanol–water partition coefficient (Wildman–Crippen LogP) is 3.63. The summed E-state index contributed by atoms with van der Waals surface area (Å²) in [4.78, 5) is 16.4. The van der Waals surface area contributed by atoms with Gasteiger partial charge in [-0.15, -0.1) is 0 Å². The molecule has 1 atom stereocenters. The normalized spacial score (nSPS) is 16.2. The molecule has 1 heterocycles. The van der Waals surface area contributed by atoms with Crippen molar-refractivity contribution in [1.82, 2.24) is 0 Å². The summed E-state index contributed by atoms with van der Waals surface area (Å²) in [5, 5.41) is 3.49. The lowest BCUT2D eigenvalue weighted by molar-refractivity contribution is 0.102. The molecule has 2 aromatic carbocycles. The minimum atomic E-state index is -0.152. The van der Waals surface area contributed by atoms with Crippen LogP contribution in [0.1, 0.15) is 28.8 Å². The van der Waals surface area contributed by atoms with Crippen molar-refractivity contribution in [2.24, 2.45) is 10.7 Å². The van der Waals surface area contributed by atoms with Gasteiger partial charge in [-0.1, -0.05) is 23.7 Å². The van der Waals surface area contributed by atoms with Crippen molar-refractivity contribution in [1.29, 1.82) is 0 Å². The Morgan fingerprint density at radius 2 is 1.92 bits per heavy atom. The number of amides is 1. The third-order valence-electron chi connectivity index (χ3n) is 4.05. The van der Waals surface area contributed by atoms with Gasteiger partial charge in [0.2, 0.25) is 0 Å². The van der Waals surface area contributed by atoms with Crippen LogP contribution in [0.3, 0.4) is 0 Å². The molecule has 1 aliphatic heterocycles. The standard InChI is InChI=1S/C19H20ClN3O2/c20-15-8-6-14(7-9-15)18(24)22-16-10-4-13(5-11-16)2-1-3-17-12-25-19(21)23-17/h4-11,17H,1-3,12H2,(H2,21,23)(H,22,24). The Balaban J connectivity index is 1.48. The van der Waals surface area contributed by atoms with Crippen molar-refractivity contribution in [2.45, 2.75) is 25.3 Å². The lowest BCUT2D eigenvalue weighted by atomic mass is 10.0. The van der Waals surface area contributed by atoms with Crippen molar-refractivity contribution >= 4 is 29.2 Å². The van der Waals surface area contributed by atoms with Crippen LogP contribution in [0, 0.1) is 0 Å². The zero-order valence-corrected chi connectivity index (χ0v) is 14.5. The van der Waals surface area contributed by atoms with Gasteiger partial charge in [0, 0.05) is 16.3 Å².